The maximum Gasteiger partial charge on any atom is 0.303 e. The summed E-state index contributed by atoms with van der Waals surface area (Å²) in [6, 6.07) is 10.1. The van der Waals surface area contributed by atoms with Crippen molar-refractivity contribution in [1.29, 1.82) is 0 Å². The third-order valence-electron chi connectivity index (χ3n) is 6.04. The molecule has 1 aromatic rings. The molecule has 1 saturated heterocycles. The number of piperidine rings is 1. The van der Waals surface area contributed by atoms with Crippen LogP contribution in [0.1, 0.15) is 56.9 Å². The van der Waals surface area contributed by atoms with E-state index in [1.54, 1.807) is 0 Å². The summed E-state index contributed by atoms with van der Waals surface area (Å²) in [7, 11) is 0. The van der Waals surface area contributed by atoms with Crippen molar-refractivity contribution in [2.24, 2.45) is 5.92 Å². The van der Waals surface area contributed by atoms with Gasteiger partial charge in [0.15, 0.2) is 5.78 Å². The number of ether oxygens (including phenoxy) is 1. The van der Waals surface area contributed by atoms with Gasteiger partial charge in [0.05, 0.1) is 18.8 Å². The molecule has 0 bridgehead atoms. The van der Waals surface area contributed by atoms with Crippen molar-refractivity contribution in [3.63, 3.8) is 0 Å². The van der Waals surface area contributed by atoms with Gasteiger partial charge in [-0.05, 0) is 50.8 Å². The van der Waals surface area contributed by atoms with E-state index in [0.717, 1.165) is 44.3 Å². The fraction of sp³-hybridized carbons (Fsp3) is 0.583. The number of rotatable bonds is 10. The largest absolute Gasteiger partial charge is 0.481 e. The molecule has 29 heavy (non-hydrogen) atoms. The average Bonchev–Trinajstić information content (AvgIpc) is 3.05. The van der Waals surface area contributed by atoms with Gasteiger partial charge in [-0.2, -0.15) is 0 Å². The van der Waals surface area contributed by atoms with E-state index in [1.807, 2.05) is 18.2 Å². The van der Waals surface area contributed by atoms with Crippen LogP contribution in [0, 0.1) is 5.92 Å². The Morgan fingerprint density at radius 1 is 1.14 bits per heavy atom. The summed E-state index contributed by atoms with van der Waals surface area (Å²) in [5, 5.41) is 8.75. The van der Waals surface area contributed by atoms with Crippen LogP contribution in [0.2, 0.25) is 0 Å². The fourth-order valence-electron chi connectivity index (χ4n) is 4.57. The van der Waals surface area contributed by atoms with E-state index in [-0.39, 0.29) is 24.5 Å². The average molecular weight is 400 g/mol. The van der Waals surface area contributed by atoms with Crippen molar-refractivity contribution in [3.8, 4) is 0 Å². The molecule has 2 fully saturated rings. The summed E-state index contributed by atoms with van der Waals surface area (Å²) < 4.78 is 6.24. The molecule has 1 saturated carbocycles. The van der Waals surface area contributed by atoms with Crippen molar-refractivity contribution in [2.45, 2.75) is 70.1 Å². The smallest absolute Gasteiger partial charge is 0.303 e. The van der Waals surface area contributed by atoms with E-state index in [0.29, 0.717) is 25.2 Å². The summed E-state index contributed by atoms with van der Waals surface area (Å²) in [6.45, 7) is 2.53. The molecule has 5 nitrogen and oxygen atoms in total. The minimum Gasteiger partial charge on any atom is -0.481 e. The molecule has 0 radical (unpaired) electrons. The van der Waals surface area contributed by atoms with Crippen LogP contribution in [0.3, 0.4) is 0 Å². The lowest BCUT2D eigenvalue weighted by molar-refractivity contribution is -0.137. The highest BCUT2D eigenvalue weighted by molar-refractivity contribution is 5.87. The van der Waals surface area contributed by atoms with Crippen molar-refractivity contribution in [2.75, 3.05) is 13.1 Å². The Hall–Kier alpha value is -1.98. The predicted molar refractivity (Wildman–Crippen MR) is 113 cm³/mol. The number of ketones is 1. The van der Waals surface area contributed by atoms with Gasteiger partial charge in [0.2, 0.25) is 0 Å². The molecule has 0 aromatic heterocycles. The number of hydrogen-bond donors (Lipinski definition) is 1. The highest BCUT2D eigenvalue weighted by Gasteiger charge is 2.45. The first-order valence-corrected chi connectivity index (χ1v) is 10.9. The van der Waals surface area contributed by atoms with Crippen LogP contribution in [0.5, 0.6) is 0 Å². The van der Waals surface area contributed by atoms with Crippen molar-refractivity contribution in [1.82, 2.24) is 4.90 Å². The molecular formula is C24H33NO4. The second kappa shape index (κ2) is 11.3. The van der Waals surface area contributed by atoms with Crippen LogP contribution in [-0.2, 0) is 20.9 Å². The Labute approximate surface area is 173 Å². The summed E-state index contributed by atoms with van der Waals surface area (Å²) in [4.78, 5) is 25.9. The molecule has 0 amide bonds. The van der Waals surface area contributed by atoms with Crippen LogP contribution < -0.4 is 0 Å². The zero-order chi connectivity index (χ0) is 20.5. The monoisotopic (exact) mass is 399 g/mol. The number of unbranched alkanes of at least 4 members (excludes halogenated alkanes) is 1. The van der Waals surface area contributed by atoms with Gasteiger partial charge in [-0.3, -0.25) is 14.5 Å². The zero-order valence-electron chi connectivity index (χ0n) is 17.2. The highest BCUT2D eigenvalue weighted by atomic mass is 16.5. The lowest BCUT2D eigenvalue weighted by atomic mass is 9.94. The third-order valence-corrected chi connectivity index (χ3v) is 6.04. The molecule has 1 aliphatic heterocycles. The van der Waals surface area contributed by atoms with Gasteiger partial charge in [0.25, 0.3) is 0 Å². The zero-order valence-corrected chi connectivity index (χ0v) is 17.2. The van der Waals surface area contributed by atoms with Crippen LogP contribution in [-0.4, -0.2) is 47.0 Å². The van der Waals surface area contributed by atoms with Gasteiger partial charge < -0.3 is 9.84 Å². The van der Waals surface area contributed by atoms with Crippen molar-refractivity contribution in [3.05, 3.63) is 48.0 Å². The summed E-state index contributed by atoms with van der Waals surface area (Å²) in [5.41, 5.74) is 1.13. The standard InChI is InChI=1S/C24H33NO4/c26-21-17-22(29-18-19-11-5-3-6-12-19)20(13-7-1-2-8-14-23(27)28)24(21)25-15-9-4-10-16-25/h1,3,5-7,11-12,20,22,24H,2,4,8-10,13-18H2,(H,27,28)/t20-,22-,24+/m0/s1. The fourth-order valence-corrected chi connectivity index (χ4v) is 4.57. The van der Waals surface area contributed by atoms with Gasteiger partial charge in [-0.25, -0.2) is 0 Å². The summed E-state index contributed by atoms with van der Waals surface area (Å²) in [6.07, 6.45) is 10.6. The molecule has 3 rings (SSSR count). The maximum absolute atomic E-state index is 12.9. The van der Waals surface area contributed by atoms with E-state index >= 15 is 0 Å². The summed E-state index contributed by atoms with van der Waals surface area (Å²) in [5.74, 6) is -0.270. The quantitative estimate of drug-likeness (QED) is 0.471. The Morgan fingerprint density at radius 2 is 1.90 bits per heavy atom. The SMILES string of the molecule is O=C(O)CCCC=CC[C@H]1[C@@H](OCc2ccccc2)CC(=O)[C@@H]1N1CCCCC1. The van der Waals surface area contributed by atoms with Crippen LogP contribution in [0.15, 0.2) is 42.5 Å². The number of aliphatic carboxylic acids is 1. The number of nitrogens with zero attached hydrogens (tertiary/aromatic N) is 1. The number of carbonyl (C=O) groups excluding carboxylic acids is 1. The van der Waals surface area contributed by atoms with Gasteiger partial charge in [0.1, 0.15) is 0 Å². The molecule has 3 atom stereocenters. The Kier molecular flexibility index (Phi) is 8.44. The molecule has 5 heteroatoms. The van der Waals surface area contributed by atoms with Crippen molar-refractivity contribution >= 4 is 11.8 Å². The number of likely N-dealkylation sites (tertiary alicyclic amines) is 1. The molecule has 1 heterocycles. The third kappa shape index (κ3) is 6.51. The number of Topliss-reactive ketones (excluding diaryl/α,β-unsaturated/α-hetero) is 1. The molecule has 1 N–H and O–H groups in total. The number of hydrogen-bond acceptors (Lipinski definition) is 4. The van der Waals surface area contributed by atoms with Gasteiger partial charge in [0, 0.05) is 18.8 Å². The number of carboxylic acid groups (broad SMARTS) is 1. The van der Waals surface area contributed by atoms with Crippen LogP contribution in [0.25, 0.3) is 0 Å². The number of carbonyl (C=O) groups is 2. The number of allylic oxidation sites excluding steroid dienone is 2. The summed E-state index contributed by atoms with van der Waals surface area (Å²) >= 11 is 0. The topological polar surface area (TPSA) is 66.8 Å². The van der Waals surface area contributed by atoms with Gasteiger partial charge in [-0.1, -0.05) is 48.9 Å². The first-order valence-electron chi connectivity index (χ1n) is 10.9. The Morgan fingerprint density at radius 3 is 2.62 bits per heavy atom. The minimum absolute atomic E-state index is 0.0419. The molecule has 2 aliphatic rings. The predicted octanol–water partition coefficient (Wildman–Crippen LogP) is 4.22. The molecule has 158 valence electrons. The molecule has 1 aliphatic carbocycles. The normalized spacial score (nSPS) is 25.7. The van der Waals surface area contributed by atoms with E-state index < -0.39 is 5.97 Å². The number of benzene rings is 1. The maximum atomic E-state index is 12.9. The van der Waals surface area contributed by atoms with E-state index in [2.05, 4.69) is 29.2 Å². The second-order valence-corrected chi connectivity index (χ2v) is 8.20. The van der Waals surface area contributed by atoms with Crippen LogP contribution >= 0.6 is 0 Å². The molecule has 1 aromatic carbocycles. The first-order chi connectivity index (χ1) is 14.1. The molecule has 0 spiro atoms. The van der Waals surface area contributed by atoms with Gasteiger partial charge >= 0.3 is 5.97 Å². The van der Waals surface area contributed by atoms with Crippen LogP contribution in [0.4, 0.5) is 0 Å². The lowest BCUT2D eigenvalue weighted by Crippen LogP contribution is -2.46. The Balaban J connectivity index is 1.62. The van der Waals surface area contributed by atoms with E-state index in [9.17, 15) is 9.59 Å². The molecular weight excluding hydrogens is 366 g/mol. The van der Waals surface area contributed by atoms with Gasteiger partial charge in [-0.15, -0.1) is 0 Å². The Bertz CT molecular complexity index is 681. The molecule has 0 unspecified atom stereocenters. The highest BCUT2D eigenvalue weighted by Crippen LogP contribution is 2.35. The van der Waals surface area contributed by atoms with E-state index in [1.165, 1.54) is 6.42 Å². The number of carboxylic acids is 1. The first kappa shape index (κ1) is 21.7. The van der Waals surface area contributed by atoms with Crippen molar-refractivity contribution < 1.29 is 19.4 Å². The van der Waals surface area contributed by atoms with E-state index in [4.69, 9.17) is 9.84 Å². The second-order valence-electron chi connectivity index (χ2n) is 8.20. The minimum atomic E-state index is -0.751. The lowest BCUT2D eigenvalue weighted by Gasteiger charge is -2.35.